The van der Waals surface area contributed by atoms with Gasteiger partial charge in [-0.3, -0.25) is 0 Å². The summed E-state index contributed by atoms with van der Waals surface area (Å²) in [6, 6.07) is 5.41. The van der Waals surface area contributed by atoms with E-state index in [4.69, 9.17) is 33.5 Å². The molecule has 2 N–H and O–H groups in total. The second kappa shape index (κ2) is 5.56. The summed E-state index contributed by atoms with van der Waals surface area (Å²) in [6.07, 6.45) is 2.87. The average Bonchev–Trinajstić information content (AvgIpc) is 3.16. The average molecular weight is 367 g/mol. The van der Waals surface area contributed by atoms with Crippen LogP contribution < -0.4 is 5.73 Å². The van der Waals surface area contributed by atoms with Crippen molar-refractivity contribution in [2.75, 3.05) is 0 Å². The first-order chi connectivity index (χ1) is 11.0. The highest BCUT2D eigenvalue weighted by Gasteiger charge is 2.39. The molecule has 4 rings (SSSR count). The molecule has 8 heteroatoms. The van der Waals surface area contributed by atoms with Gasteiger partial charge in [0.15, 0.2) is 5.82 Å². The lowest BCUT2D eigenvalue weighted by Gasteiger charge is -2.34. The Labute approximate surface area is 146 Å². The maximum Gasteiger partial charge on any atom is 0.277 e. The standard InChI is InChI=1S/C15H12Cl2N4OS/c16-9-3-2-8(6-10(9)17)13-19-11(7-23-13)12-20-14(21-22-12)15(18)4-1-5-15/h2-3,6-7H,1,4-5,18H2. The summed E-state index contributed by atoms with van der Waals surface area (Å²) in [7, 11) is 0. The van der Waals surface area contributed by atoms with Crippen LogP contribution >= 0.6 is 34.5 Å². The number of hydrogen-bond donors (Lipinski definition) is 1. The Morgan fingerprint density at radius 1 is 1.17 bits per heavy atom. The summed E-state index contributed by atoms with van der Waals surface area (Å²) in [6.45, 7) is 0. The van der Waals surface area contributed by atoms with E-state index in [1.54, 1.807) is 12.1 Å². The molecule has 0 atom stereocenters. The molecular weight excluding hydrogens is 355 g/mol. The summed E-state index contributed by atoms with van der Waals surface area (Å²) >= 11 is 13.5. The lowest BCUT2D eigenvalue weighted by molar-refractivity contribution is 0.229. The quantitative estimate of drug-likeness (QED) is 0.737. The third-order valence-corrected chi connectivity index (χ3v) is 5.64. The molecule has 23 heavy (non-hydrogen) atoms. The van der Waals surface area contributed by atoms with Gasteiger partial charge < -0.3 is 10.3 Å². The van der Waals surface area contributed by atoms with Crippen molar-refractivity contribution >= 4 is 34.5 Å². The monoisotopic (exact) mass is 366 g/mol. The van der Waals surface area contributed by atoms with Crippen LogP contribution in [0.25, 0.3) is 22.2 Å². The van der Waals surface area contributed by atoms with Gasteiger partial charge in [0.25, 0.3) is 5.89 Å². The number of thiazole rings is 1. The van der Waals surface area contributed by atoms with Gasteiger partial charge in [0, 0.05) is 10.9 Å². The first kappa shape index (κ1) is 15.1. The summed E-state index contributed by atoms with van der Waals surface area (Å²) in [5.74, 6) is 0.946. The van der Waals surface area contributed by atoms with Crippen LogP contribution in [0.1, 0.15) is 25.1 Å². The molecule has 1 aliphatic carbocycles. The first-order valence-corrected chi connectivity index (χ1v) is 8.73. The topological polar surface area (TPSA) is 77.8 Å². The van der Waals surface area contributed by atoms with E-state index in [1.807, 2.05) is 11.4 Å². The molecule has 0 radical (unpaired) electrons. The Balaban J connectivity index is 1.64. The van der Waals surface area contributed by atoms with Gasteiger partial charge in [-0.25, -0.2) is 4.98 Å². The highest BCUT2D eigenvalue weighted by molar-refractivity contribution is 7.13. The van der Waals surface area contributed by atoms with Gasteiger partial charge in [-0.15, -0.1) is 11.3 Å². The minimum Gasteiger partial charge on any atom is -0.332 e. The fourth-order valence-corrected chi connectivity index (χ4v) is 3.53. The normalized spacial score (nSPS) is 16.3. The van der Waals surface area contributed by atoms with E-state index >= 15 is 0 Å². The van der Waals surface area contributed by atoms with E-state index in [1.165, 1.54) is 11.3 Å². The van der Waals surface area contributed by atoms with Crippen molar-refractivity contribution in [3.05, 3.63) is 39.4 Å². The fourth-order valence-electron chi connectivity index (χ4n) is 2.44. The number of benzene rings is 1. The van der Waals surface area contributed by atoms with Gasteiger partial charge in [0.05, 0.1) is 15.6 Å². The molecule has 1 aromatic carbocycles. The Morgan fingerprint density at radius 3 is 2.70 bits per heavy atom. The minimum absolute atomic E-state index is 0.388. The Bertz CT molecular complexity index is 872. The van der Waals surface area contributed by atoms with Gasteiger partial charge in [-0.2, -0.15) is 4.98 Å². The molecule has 0 unspecified atom stereocenters. The van der Waals surface area contributed by atoms with Crippen LogP contribution in [0.2, 0.25) is 10.0 Å². The third-order valence-electron chi connectivity index (χ3n) is 4.01. The first-order valence-electron chi connectivity index (χ1n) is 7.10. The third kappa shape index (κ3) is 2.65. The van der Waals surface area contributed by atoms with E-state index in [2.05, 4.69) is 15.1 Å². The molecule has 118 valence electrons. The van der Waals surface area contributed by atoms with Crippen LogP contribution in [0.15, 0.2) is 28.1 Å². The Morgan fingerprint density at radius 2 is 2.00 bits per heavy atom. The number of nitrogens with zero attached hydrogens (tertiary/aromatic N) is 3. The zero-order valence-electron chi connectivity index (χ0n) is 11.9. The Hall–Kier alpha value is -1.47. The van der Waals surface area contributed by atoms with Crippen LogP contribution in [-0.4, -0.2) is 15.1 Å². The molecule has 0 bridgehead atoms. The van der Waals surface area contributed by atoms with Crippen molar-refractivity contribution in [3.8, 4) is 22.2 Å². The van der Waals surface area contributed by atoms with Gasteiger partial charge >= 0.3 is 0 Å². The SMILES string of the molecule is NC1(c2noc(-c3csc(-c4ccc(Cl)c(Cl)c4)n3)n2)CCC1. The molecule has 5 nitrogen and oxygen atoms in total. The molecule has 2 heterocycles. The molecule has 1 aliphatic rings. The molecule has 0 aliphatic heterocycles. The fraction of sp³-hybridized carbons (Fsp3) is 0.267. The summed E-state index contributed by atoms with van der Waals surface area (Å²) in [5, 5.41) is 7.71. The van der Waals surface area contributed by atoms with Crippen molar-refractivity contribution < 1.29 is 4.52 Å². The predicted molar refractivity (Wildman–Crippen MR) is 90.6 cm³/mol. The highest BCUT2D eigenvalue weighted by atomic mass is 35.5. The van der Waals surface area contributed by atoms with E-state index in [0.717, 1.165) is 29.8 Å². The predicted octanol–water partition coefficient (Wildman–Crippen LogP) is 4.50. The smallest absolute Gasteiger partial charge is 0.277 e. The van der Waals surface area contributed by atoms with E-state index in [-0.39, 0.29) is 0 Å². The van der Waals surface area contributed by atoms with Crippen LogP contribution in [0, 0.1) is 0 Å². The second-order valence-corrected chi connectivity index (χ2v) is 7.27. The van der Waals surface area contributed by atoms with E-state index in [9.17, 15) is 0 Å². The van der Waals surface area contributed by atoms with Crippen LogP contribution in [0.4, 0.5) is 0 Å². The molecule has 3 aromatic rings. The van der Waals surface area contributed by atoms with Gasteiger partial charge in [-0.05, 0) is 31.4 Å². The highest BCUT2D eigenvalue weighted by Crippen LogP contribution is 2.38. The van der Waals surface area contributed by atoms with Crippen molar-refractivity contribution in [2.45, 2.75) is 24.8 Å². The molecule has 0 spiro atoms. The number of aromatic nitrogens is 3. The lowest BCUT2D eigenvalue weighted by Crippen LogP contribution is -2.44. The largest absolute Gasteiger partial charge is 0.332 e. The second-order valence-electron chi connectivity index (χ2n) is 5.60. The number of rotatable bonds is 3. The number of halogens is 2. The van der Waals surface area contributed by atoms with Gasteiger partial charge in [0.2, 0.25) is 0 Å². The molecule has 2 aromatic heterocycles. The maximum atomic E-state index is 6.21. The van der Waals surface area contributed by atoms with Crippen molar-refractivity contribution in [3.63, 3.8) is 0 Å². The molecule has 0 amide bonds. The van der Waals surface area contributed by atoms with Crippen molar-refractivity contribution in [1.29, 1.82) is 0 Å². The van der Waals surface area contributed by atoms with Gasteiger partial charge in [-0.1, -0.05) is 34.4 Å². The van der Waals surface area contributed by atoms with E-state index < -0.39 is 5.54 Å². The summed E-state index contributed by atoms with van der Waals surface area (Å²) < 4.78 is 5.32. The van der Waals surface area contributed by atoms with Crippen LogP contribution in [0.3, 0.4) is 0 Å². The number of nitrogens with two attached hydrogens (primary N) is 1. The minimum atomic E-state index is -0.440. The zero-order chi connectivity index (χ0) is 16.0. The molecule has 1 saturated carbocycles. The molecule has 1 fully saturated rings. The number of hydrogen-bond acceptors (Lipinski definition) is 6. The van der Waals surface area contributed by atoms with Crippen molar-refractivity contribution in [1.82, 2.24) is 15.1 Å². The van der Waals surface area contributed by atoms with Crippen LogP contribution in [-0.2, 0) is 5.54 Å². The Kier molecular flexibility index (Phi) is 3.65. The molecular formula is C15H12Cl2N4OS. The van der Waals surface area contributed by atoms with Crippen molar-refractivity contribution in [2.24, 2.45) is 5.73 Å². The summed E-state index contributed by atoms with van der Waals surface area (Å²) in [5.41, 5.74) is 7.30. The van der Waals surface area contributed by atoms with Gasteiger partial charge in [0.1, 0.15) is 10.7 Å². The maximum absolute atomic E-state index is 6.21. The zero-order valence-corrected chi connectivity index (χ0v) is 14.3. The van der Waals surface area contributed by atoms with Crippen LogP contribution in [0.5, 0.6) is 0 Å². The lowest BCUT2D eigenvalue weighted by atomic mass is 9.77. The van der Waals surface area contributed by atoms with E-state index in [0.29, 0.717) is 27.5 Å². The molecule has 0 saturated heterocycles. The summed E-state index contributed by atoms with van der Waals surface area (Å²) in [4.78, 5) is 8.95.